The van der Waals surface area contributed by atoms with E-state index >= 15 is 0 Å². The SMILES string of the molecule is CC1(C)OB(c2cccc(-n3cccc3)n2)OC1(C)C. The predicted molar refractivity (Wildman–Crippen MR) is 79.3 cm³/mol. The van der Waals surface area contributed by atoms with Gasteiger partial charge in [-0.3, -0.25) is 0 Å². The maximum absolute atomic E-state index is 6.03. The molecule has 1 aliphatic heterocycles. The summed E-state index contributed by atoms with van der Waals surface area (Å²) < 4.78 is 14.0. The molecular formula is C15H19BN2O2. The lowest BCUT2D eigenvalue weighted by Gasteiger charge is -2.32. The fraction of sp³-hybridized carbons (Fsp3) is 0.400. The Bertz CT molecular complexity index is 592. The molecule has 0 N–H and O–H groups in total. The Balaban J connectivity index is 1.91. The molecule has 0 atom stereocenters. The van der Waals surface area contributed by atoms with Crippen LogP contribution in [0.3, 0.4) is 0 Å². The summed E-state index contributed by atoms with van der Waals surface area (Å²) >= 11 is 0. The second kappa shape index (κ2) is 4.47. The van der Waals surface area contributed by atoms with Crippen LogP contribution in [0.5, 0.6) is 0 Å². The Morgan fingerprint density at radius 2 is 1.55 bits per heavy atom. The third-order valence-electron chi connectivity index (χ3n) is 4.12. The lowest BCUT2D eigenvalue weighted by molar-refractivity contribution is 0.00578. The van der Waals surface area contributed by atoms with Crippen LogP contribution in [-0.4, -0.2) is 27.9 Å². The summed E-state index contributed by atoms with van der Waals surface area (Å²) in [4.78, 5) is 4.64. The van der Waals surface area contributed by atoms with Crippen LogP contribution >= 0.6 is 0 Å². The molecule has 3 heterocycles. The van der Waals surface area contributed by atoms with Crippen LogP contribution in [-0.2, 0) is 9.31 Å². The maximum Gasteiger partial charge on any atom is 0.514 e. The summed E-state index contributed by atoms with van der Waals surface area (Å²) in [6, 6.07) is 9.83. The minimum atomic E-state index is -0.421. The molecule has 1 fully saturated rings. The number of nitrogens with zero attached hydrogens (tertiary/aromatic N) is 2. The van der Waals surface area contributed by atoms with Crippen molar-refractivity contribution in [3.8, 4) is 5.82 Å². The van der Waals surface area contributed by atoms with Crippen molar-refractivity contribution < 1.29 is 9.31 Å². The Kier molecular flexibility index (Phi) is 2.99. The van der Waals surface area contributed by atoms with E-state index in [-0.39, 0.29) is 11.2 Å². The zero-order chi connectivity index (χ0) is 14.4. The van der Waals surface area contributed by atoms with E-state index in [9.17, 15) is 0 Å². The fourth-order valence-corrected chi connectivity index (χ4v) is 2.17. The van der Waals surface area contributed by atoms with E-state index in [4.69, 9.17) is 9.31 Å². The molecule has 0 aliphatic carbocycles. The Morgan fingerprint density at radius 1 is 0.950 bits per heavy atom. The minimum absolute atomic E-state index is 0.344. The number of hydrogen-bond donors (Lipinski definition) is 0. The van der Waals surface area contributed by atoms with Gasteiger partial charge in [-0.05, 0) is 52.0 Å². The van der Waals surface area contributed by atoms with Crippen LogP contribution in [0.2, 0.25) is 0 Å². The quantitative estimate of drug-likeness (QED) is 0.785. The van der Waals surface area contributed by atoms with Gasteiger partial charge in [0.2, 0.25) is 0 Å². The summed E-state index contributed by atoms with van der Waals surface area (Å²) in [7, 11) is -0.421. The van der Waals surface area contributed by atoms with Gasteiger partial charge in [0.25, 0.3) is 0 Å². The van der Waals surface area contributed by atoms with E-state index < -0.39 is 7.12 Å². The standard InChI is InChI=1S/C15H19BN2O2/c1-14(2)15(3,4)20-16(19-14)12-8-7-9-13(17-12)18-10-5-6-11-18/h5-11H,1-4H3. The summed E-state index contributed by atoms with van der Waals surface area (Å²) in [6.07, 6.45) is 3.94. The smallest absolute Gasteiger partial charge is 0.398 e. The summed E-state index contributed by atoms with van der Waals surface area (Å²) in [5, 5.41) is 0. The van der Waals surface area contributed by atoms with Crippen LogP contribution in [0.25, 0.3) is 5.82 Å². The highest BCUT2D eigenvalue weighted by atomic mass is 16.7. The van der Waals surface area contributed by atoms with Gasteiger partial charge in [-0.1, -0.05) is 6.07 Å². The molecule has 2 aromatic heterocycles. The summed E-state index contributed by atoms with van der Waals surface area (Å²) in [5.74, 6) is 0.863. The molecule has 0 saturated carbocycles. The maximum atomic E-state index is 6.03. The van der Waals surface area contributed by atoms with Crippen molar-refractivity contribution >= 4 is 12.7 Å². The average Bonchev–Trinajstić information content (AvgIpc) is 2.97. The first-order valence-electron chi connectivity index (χ1n) is 6.85. The molecule has 1 saturated heterocycles. The third kappa shape index (κ3) is 2.17. The molecule has 0 amide bonds. The molecule has 0 spiro atoms. The molecule has 1 aliphatic rings. The first-order valence-corrected chi connectivity index (χ1v) is 6.85. The molecule has 5 heteroatoms. The molecule has 0 unspecified atom stereocenters. The van der Waals surface area contributed by atoms with Crippen molar-refractivity contribution in [2.24, 2.45) is 0 Å². The highest BCUT2D eigenvalue weighted by Crippen LogP contribution is 2.36. The Labute approximate surface area is 119 Å². The zero-order valence-corrected chi connectivity index (χ0v) is 12.3. The van der Waals surface area contributed by atoms with Gasteiger partial charge in [-0.15, -0.1) is 0 Å². The van der Waals surface area contributed by atoms with E-state index in [0.29, 0.717) is 0 Å². The third-order valence-corrected chi connectivity index (χ3v) is 4.12. The van der Waals surface area contributed by atoms with Crippen LogP contribution < -0.4 is 5.59 Å². The van der Waals surface area contributed by atoms with Gasteiger partial charge in [-0.25, -0.2) is 4.98 Å². The number of pyridine rings is 1. The fourth-order valence-electron chi connectivity index (χ4n) is 2.17. The van der Waals surface area contributed by atoms with E-state index in [1.54, 1.807) is 0 Å². The topological polar surface area (TPSA) is 36.3 Å². The molecular weight excluding hydrogens is 251 g/mol. The van der Waals surface area contributed by atoms with Crippen molar-refractivity contribution in [1.29, 1.82) is 0 Å². The Hall–Kier alpha value is -1.59. The number of rotatable bonds is 2. The van der Waals surface area contributed by atoms with E-state index in [0.717, 1.165) is 11.4 Å². The van der Waals surface area contributed by atoms with Gasteiger partial charge in [0, 0.05) is 12.4 Å². The molecule has 3 rings (SSSR count). The van der Waals surface area contributed by atoms with E-state index in [2.05, 4.69) is 4.98 Å². The monoisotopic (exact) mass is 270 g/mol. The number of aromatic nitrogens is 2. The van der Waals surface area contributed by atoms with Crippen LogP contribution in [0.1, 0.15) is 27.7 Å². The molecule has 104 valence electrons. The molecule has 4 nitrogen and oxygen atoms in total. The zero-order valence-electron chi connectivity index (χ0n) is 12.3. The van der Waals surface area contributed by atoms with Crippen LogP contribution in [0.4, 0.5) is 0 Å². The van der Waals surface area contributed by atoms with Crippen molar-refractivity contribution in [1.82, 2.24) is 9.55 Å². The van der Waals surface area contributed by atoms with Crippen molar-refractivity contribution in [2.45, 2.75) is 38.9 Å². The normalized spacial score (nSPS) is 20.3. The number of hydrogen-bond acceptors (Lipinski definition) is 3. The van der Waals surface area contributed by atoms with Crippen molar-refractivity contribution in [3.63, 3.8) is 0 Å². The molecule has 2 aromatic rings. The largest absolute Gasteiger partial charge is 0.514 e. The second-order valence-electron chi connectivity index (χ2n) is 6.10. The first-order chi connectivity index (χ1) is 9.39. The molecule has 0 bridgehead atoms. The highest BCUT2D eigenvalue weighted by molar-refractivity contribution is 6.61. The van der Waals surface area contributed by atoms with Gasteiger partial charge < -0.3 is 13.9 Å². The average molecular weight is 270 g/mol. The van der Waals surface area contributed by atoms with Crippen LogP contribution in [0, 0.1) is 0 Å². The summed E-state index contributed by atoms with van der Waals surface area (Å²) in [5.41, 5.74) is 0.112. The molecule has 20 heavy (non-hydrogen) atoms. The predicted octanol–water partition coefficient (Wildman–Crippen LogP) is 2.17. The van der Waals surface area contributed by atoms with E-state index in [1.165, 1.54) is 0 Å². The second-order valence-corrected chi connectivity index (χ2v) is 6.10. The minimum Gasteiger partial charge on any atom is -0.398 e. The highest BCUT2D eigenvalue weighted by Gasteiger charge is 2.52. The van der Waals surface area contributed by atoms with Crippen molar-refractivity contribution in [2.75, 3.05) is 0 Å². The lowest BCUT2D eigenvalue weighted by Crippen LogP contribution is -2.41. The van der Waals surface area contributed by atoms with Gasteiger partial charge in [0.05, 0.1) is 16.8 Å². The van der Waals surface area contributed by atoms with Gasteiger partial charge in [0.15, 0.2) is 0 Å². The van der Waals surface area contributed by atoms with E-state index in [1.807, 2.05) is 75.0 Å². The van der Waals surface area contributed by atoms with Gasteiger partial charge in [0.1, 0.15) is 5.82 Å². The first kappa shape index (κ1) is 13.4. The van der Waals surface area contributed by atoms with Gasteiger partial charge in [-0.2, -0.15) is 0 Å². The van der Waals surface area contributed by atoms with Crippen LogP contribution in [0.15, 0.2) is 42.7 Å². The Morgan fingerprint density at radius 3 is 2.15 bits per heavy atom. The van der Waals surface area contributed by atoms with Gasteiger partial charge >= 0.3 is 7.12 Å². The summed E-state index contributed by atoms with van der Waals surface area (Å²) in [6.45, 7) is 8.18. The lowest BCUT2D eigenvalue weighted by atomic mass is 9.84. The molecule has 0 aromatic carbocycles. The van der Waals surface area contributed by atoms with Crippen molar-refractivity contribution in [3.05, 3.63) is 42.7 Å². The molecule has 0 radical (unpaired) electrons.